The first-order valence-electron chi connectivity index (χ1n) is 34.4. The van der Waals surface area contributed by atoms with E-state index in [1.54, 1.807) is 94.4 Å². The Balaban J connectivity index is 0. The van der Waals surface area contributed by atoms with E-state index in [-0.39, 0.29) is 52.8 Å². The maximum Gasteiger partial charge on any atom is 0.408 e. The monoisotopic (exact) mass is 1710 g/mol. The number of carbonyl (C=O) groups excluding carboxylic acids is 3. The van der Waals surface area contributed by atoms with Gasteiger partial charge >= 0.3 is 18.3 Å². The van der Waals surface area contributed by atoms with Crippen LogP contribution in [-0.2, 0) is 33.9 Å². The predicted molar refractivity (Wildman–Crippen MR) is 430 cm³/mol. The Hall–Kier alpha value is -5.34. The molecule has 590 valence electrons. The first-order chi connectivity index (χ1) is 47.3. The number of amides is 3. The van der Waals surface area contributed by atoms with Gasteiger partial charge in [0.15, 0.2) is 25.0 Å². The average Bonchev–Trinajstić information content (AvgIpc) is 0.853. The number of terminal acetylenes is 1. The lowest BCUT2D eigenvalue weighted by atomic mass is 10.1. The number of halogens is 7. The van der Waals surface area contributed by atoms with Crippen molar-refractivity contribution in [3.8, 4) is 47.2 Å². The number of phenolic OH excluding ortho intramolecular Hbond substituents is 1. The lowest BCUT2D eigenvalue weighted by Gasteiger charge is -2.36. The van der Waals surface area contributed by atoms with Crippen molar-refractivity contribution in [3.63, 3.8) is 0 Å². The number of benzene rings is 4. The lowest BCUT2D eigenvalue weighted by molar-refractivity contribution is 0.0498. The summed E-state index contributed by atoms with van der Waals surface area (Å²) >= 11 is 9.71. The normalized spacial score (nSPS) is 12.6. The van der Waals surface area contributed by atoms with Gasteiger partial charge in [-0.05, 0) is 230 Å². The van der Waals surface area contributed by atoms with E-state index in [0.717, 1.165) is 28.0 Å². The summed E-state index contributed by atoms with van der Waals surface area (Å²) < 4.78 is 103. The number of alkyl carbamates (subject to hydrolysis) is 3. The molecule has 0 aliphatic heterocycles. The summed E-state index contributed by atoms with van der Waals surface area (Å²) in [6.45, 7) is 57.2. The Kier molecular flexibility index (Phi) is 45.3. The molecule has 0 unspecified atom stereocenters. The number of carbonyl (C=O) groups is 3. The summed E-state index contributed by atoms with van der Waals surface area (Å²) in [6, 6.07) is 15.9. The molecule has 0 heterocycles. The second kappa shape index (κ2) is 46.8. The van der Waals surface area contributed by atoms with E-state index in [2.05, 4.69) is 183 Å². The van der Waals surface area contributed by atoms with Crippen LogP contribution in [0.2, 0.25) is 54.4 Å². The molecule has 27 heteroatoms. The fourth-order valence-electron chi connectivity index (χ4n) is 6.84. The molecule has 0 aliphatic carbocycles. The number of hydrogen-bond donors (Lipinski definition) is 5. The molecular formula is C77H122Br3F4N3O14Si3. The molecule has 3 atom stereocenters. The second-order valence-corrected chi connectivity index (χ2v) is 48.5. The molecule has 0 fully saturated rings. The van der Waals surface area contributed by atoms with Gasteiger partial charge in [-0.2, -0.15) is 0 Å². The van der Waals surface area contributed by atoms with Crippen LogP contribution in [0.1, 0.15) is 163 Å². The highest BCUT2D eigenvalue weighted by molar-refractivity contribution is 9.11. The number of aromatic hydroxyl groups is 1. The molecule has 0 bridgehead atoms. The number of rotatable bonds is 22. The van der Waals surface area contributed by atoms with E-state index in [0.29, 0.717) is 71.6 Å². The van der Waals surface area contributed by atoms with Crippen molar-refractivity contribution in [3.05, 3.63) is 116 Å². The zero-order valence-electron chi connectivity index (χ0n) is 66.7. The Morgan fingerprint density at radius 3 is 1.27 bits per heavy atom. The summed E-state index contributed by atoms with van der Waals surface area (Å²) in [5, 5.41) is 27.1. The highest BCUT2D eigenvalue weighted by Gasteiger charge is 2.39. The third kappa shape index (κ3) is 46.7. The van der Waals surface area contributed by atoms with Crippen LogP contribution in [0.4, 0.5) is 31.9 Å². The minimum absolute atomic E-state index is 0.0741. The highest BCUT2D eigenvalue weighted by Crippen LogP contribution is 2.39. The van der Waals surface area contributed by atoms with Crippen molar-refractivity contribution in [1.82, 2.24) is 16.0 Å². The minimum Gasteiger partial charge on any atom is -0.507 e. The summed E-state index contributed by atoms with van der Waals surface area (Å²) in [6.07, 6.45) is 4.85. The number of nitrogens with one attached hydrogen (secondary N) is 3. The average molecular weight is 1710 g/mol. The van der Waals surface area contributed by atoms with Gasteiger partial charge in [0.25, 0.3) is 0 Å². The van der Waals surface area contributed by atoms with Gasteiger partial charge in [0, 0.05) is 42.2 Å². The van der Waals surface area contributed by atoms with Crippen molar-refractivity contribution < 1.29 is 83.9 Å². The van der Waals surface area contributed by atoms with Crippen LogP contribution in [0.3, 0.4) is 0 Å². The number of alkyl halides is 1. The van der Waals surface area contributed by atoms with E-state index in [4.69, 9.17) is 58.3 Å². The summed E-state index contributed by atoms with van der Waals surface area (Å²) in [7, 11) is -5.05. The van der Waals surface area contributed by atoms with Crippen LogP contribution in [0.25, 0.3) is 0 Å². The smallest absolute Gasteiger partial charge is 0.408 e. The van der Waals surface area contributed by atoms with Gasteiger partial charge in [0.05, 0.1) is 46.4 Å². The van der Waals surface area contributed by atoms with Gasteiger partial charge < -0.3 is 67.9 Å². The lowest BCUT2D eigenvalue weighted by Crippen LogP contribution is -2.41. The van der Waals surface area contributed by atoms with Crippen molar-refractivity contribution in [1.29, 1.82) is 0 Å². The maximum absolute atomic E-state index is 13.7. The molecule has 4 aromatic rings. The fourth-order valence-corrected chi connectivity index (χ4v) is 11.0. The molecule has 0 saturated heterocycles. The second-order valence-electron chi connectivity index (χ2n) is 31.6. The molecule has 0 aromatic heterocycles. The highest BCUT2D eigenvalue weighted by atomic mass is 79.9. The third-order valence-electron chi connectivity index (χ3n) is 15.4. The van der Waals surface area contributed by atoms with Crippen LogP contribution in [0.5, 0.6) is 23.0 Å². The molecule has 4 rings (SSSR count). The van der Waals surface area contributed by atoms with E-state index in [1.165, 1.54) is 48.5 Å². The zero-order chi connectivity index (χ0) is 81.1. The fraction of sp³-hybridized carbons (Fsp3) is 0.597. The molecule has 4 aromatic carbocycles. The van der Waals surface area contributed by atoms with E-state index < -0.39 is 77.7 Å². The summed E-state index contributed by atoms with van der Waals surface area (Å²) in [5.74, 6) is 7.92. The molecule has 0 saturated carbocycles. The largest absolute Gasteiger partial charge is 0.507 e. The van der Waals surface area contributed by atoms with Crippen LogP contribution >= 0.6 is 47.8 Å². The van der Waals surface area contributed by atoms with Crippen LogP contribution in [0.15, 0.2) is 81.7 Å². The maximum atomic E-state index is 13.7. The summed E-state index contributed by atoms with van der Waals surface area (Å²) in [4.78, 5) is 34.5. The van der Waals surface area contributed by atoms with Gasteiger partial charge in [-0.1, -0.05) is 102 Å². The topological polar surface area (TPSA) is 211 Å². The Morgan fingerprint density at radius 1 is 0.500 bits per heavy atom. The number of aliphatic hydroxyl groups excluding tert-OH is 1. The number of phenols is 1. The van der Waals surface area contributed by atoms with E-state index >= 15 is 0 Å². The van der Waals surface area contributed by atoms with Gasteiger partial charge in [-0.3, -0.25) is 0 Å². The van der Waals surface area contributed by atoms with E-state index in [9.17, 15) is 31.9 Å². The Morgan fingerprint density at radius 2 is 0.865 bits per heavy atom. The molecule has 104 heavy (non-hydrogen) atoms. The Labute approximate surface area is 648 Å². The number of aryl methyl sites for hydroxylation is 1. The first kappa shape index (κ1) is 101. The quantitative estimate of drug-likeness (QED) is 0.0124. The van der Waals surface area contributed by atoms with Crippen LogP contribution in [-0.4, -0.2) is 140 Å². The SMILES string of the molecule is C#C[C@@H](C)NC(=O)OC(C)(C)C.CC(C)(C)[Si](C)(C)OCCBr.CC(C)(C)[Si](C)(C)OCCOc1cc(F)ccc1Br.C[C@H](C#Cc1ccc(F)cc1OCCO[Si](C)(C)C(C)(C)C)NC(=O)OC(C)(C)C.C[C@H](CCc1ccc(F)cc1OCCO)NC(=O)OC(C)(C)C.Oc1cc(F)ccc1Br. The number of aliphatic hydroxyl groups is 1. The Bertz CT molecular complexity index is 3330. The van der Waals surface area contributed by atoms with E-state index in [1.807, 2.05) is 6.92 Å². The molecule has 3 amide bonds. The summed E-state index contributed by atoms with van der Waals surface area (Å²) in [5.41, 5.74) is -0.217. The molecule has 17 nitrogen and oxygen atoms in total. The van der Waals surface area contributed by atoms with Crippen molar-refractivity contribution in [2.24, 2.45) is 0 Å². The van der Waals surface area contributed by atoms with Crippen molar-refractivity contribution in [2.75, 3.05) is 51.6 Å². The first-order valence-corrected chi connectivity index (χ1v) is 45.8. The van der Waals surface area contributed by atoms with Gasteiger partial charge in [-0.25, -0.2) is 31.9 Å². The van der Waals surface area contributed by atoms with Crippen LogP contribution in [0, 0.1) is 47.5 Å². The van der Waals surface area contributed by atoms with Gasteiger partial charge in [0.1, 0.15) is 82.9 Å². The van der Waals surface area contributed by atoms with Crippen LogP contribution < -0.4 is 30.2 Å². The zero-order valence-corrected chi connectivity index (χ0v) is 74.5. The van der Waals surface area contributed by atoms with Gasteiger partial charge in [-0.15, -0.1) is 6.42 Å². The molecule has 0 radical (unpaired) electrons. The predicted octanol–water partition coefficient (Wildman–Crippen LogP) is 20.8. The molecule has 0 spiro atoms. The van der Waals surface area contributed by atoms with Crippen molar-refractivity contribution in [2.45, 2.75) is 248 Å². The number of hydrogen-bond acceptors (Lipinski definition) is 14. The third-order valence-corrected chi connectivity index (χ3v) is 30.7. The minimum atomic E-state index is -1.86. The number of ether oxygens (including phenoxy) is 6. The standard InChI is InChI=1S/C23H36FNO4Si.C17H26FNO4.C14H22BrFO2Si.C9H15NO2.C8H19BrOSi.C6H4BrFO/c1-17(25-21(26)29-22(2,3)4)10-11-18-12-13-19(24)16-20(18)27-14-15-28-30(8,9)23(5,6)7;1-12(19-16(21)23-17(2,3)4)5-6-13-7-8-14(18)11-15(13)22-10-9-20;1-14(2,3)19(4,5)18-9-8-17-13-10-11(16)6-7-12(13)15;1-6-7(2)10-8(11)12-9(3,4)5;1-8(2,3)11(4,5)10-7-6-9;7-5-2-1-4(8)3-6(5)9/h12-13,16-17H,14-15H2,1-9H3,(H,25,26);7-8,11-12,20H,5-6,9-10H2,1-4H3,(H,19,21);6-7,10H,8-9H2,1-5H3;1,7H,2-5H3,(H,10,11);6-7H2,1-5H3;1-3,9H/t17-;12-;;7-;;/m11.1../s1. The molecule has 5 N–H and O–H groups in total. The molecular weight excluding hydrogens is 1590 g/mol. The van der Waals surface area contributed by atoms with Gasteiger partial charge in [0.2, 0.25) is 0 Å². The molecule has 0 aliphatic rings. The van der Waals surface area contributed by atoms with Crippen molar-refractivity contribution >= 4 is 91.0 Å².